The highest BCUT2D eigenvalue weighted by atomic mass is 16.5. The number of hydrogen-bond acceptors (Lipinski definition) is 8. The zero-order valence-corrected chi connectivity index (χ0v) is 12.4. The molecular formula is C13H28O8. The standard InChI is InChI=1S/C13H28O8/c14-1-5-18-9-13(10-19-6-2-15,11-20-7-3-16)12-21-8-4-17/h14-17H,1-12H2. The number of aliphatic hydroxyl groups is 4. The Kier molecular flexibility index (Phi) is 14.4. The minimum Gasteiger partial charge on any atom is -0.394 e. The molecule has 8 heteroatoms. The van der Waals surface area contributed by atoms with Crippen LogP contribution in [0.1, 0.15) is 0 Å². The van der Waals surface area contributed by atoms with Gasteiger partial charge in [0.1, 0.15) is 0 Å². The molecule has 0 saturated carbocycles. The van der Waals surface area contributed by atoms with Crippen LogP contribution in [-0.2, 0) is 18.9 Å². The summed E-state index contributed by atoms with van der Waals surface area (Å²) in [5, 5.41) is 35.2. The van der Waals surface area contributed by atoms with Crippen molar-refractivity contribution < 1.29 is 39.4 Å². The van der Waals surface area contributed by atoms with Crippen molar-refractivity contribution in [2.75, 3.05) is 79.3 Å². The van der Waals surface area contributed by atoms with Crippen LogP contribution in [-0.4, -0.2) is 99.7 Å². The van der Waals surface area contributed by atoms with E-state index in [9.17, 15) is 0 Å². The van der Waals surface area contributed by atoms with Crippen molar-refractivity contribution in [3.8, 4) is 0 Å². The van der Waals surface area contributed by atoms with Gasteiger partial charge in [0, 0.05) is 0 Å². The predicted octanol–water partition coefficient (Wildman–Crippen LogP) is -1.99. The van der Waals surface area contributed by atoms with Crippen LogP contribution in [0.5, 0.6) is 0 Å². The van der Waals surface area contributed by atoms with Gasteiger partial charge in [-0.25, -0.2) is 0 Å². The molecule has 0 spiro atoms. The van der Waals surface area contributed by atoms with Gasteiger partial charge in [-0.05, 0) is 0 Å². The van der Waals surface area contributed by atoms with Crippen molar-refractivity contribution >= 4 is 0 Å². The molecule has 0 amide bonds. The fourth-order valence-electron chi connectivity index (χ4n) is 1.66. The highest BCUT2D eigenvalue weighted by molar-refractivity contribution is 4.79. The van der Waals surface area contributed by atoms with E-state index in [1.807, 2.05) is 0 Å². The van der Waals surface area contributed by atoms with Crippen molar-refractivity contribution in [1.82, 2.24) is 0 Å². The van der Waals surface area contributed by atoms with E-state index in [4.69, 9.17) is 39.4 Å². The summed E-state index contributed by atoms with van der Waals surface area (Å²) >= 11 is 0. The fourth-order valence-corrected chi connectivity index (χ4v) is 1.66. The molecule has 8 nitrogen and oxygen atoms in total. The summed E-state index contributed by atoms with van der Waals surface area (Å²) in [6.45, 7) is 1.28. The molecule has 0 aliphatic rings. The maximum absolute atomic E-state index is 8.79. The third-order valence-corrected chi connectivity index (χ3v) is 2.58. The Hall–Kier alpha value is -0.320. The normalized spacial score (nSPS) is 12.0. The molecule has 0 aromatic heterocycles. The highest BCUT2D eigenvalue weighted by Crippen LogP contribution is 2.20. The van der Waals surface area contributed by atoms with Crippen LogP contribution in [0, 0.1) is 5.41 Å². The molecule has 0 bridgehead atoms. The van der Waals surface area contributed by atoms with Crippen LogP contribution < -0.4 is 0 Å². The third kappa shape index (κ3) is 11.0. The Bertz CT molecular complexity index is 169. The molecule has 0 aliphatic carbocycles. The zero-order chi connectivity index (χ0) is 15.8. The van der Waals surface area contributed by atoms with Crippen molar-refractivity contribution in [3.05, 3.63) is 0 Å². The molecule has 0 heterocycles. The van der Waals surface area contributed by atoms with Crippen LogP contribution in [0.2, 0.25) is 0 Å². The van der Waals surface area contributed by atoms with Gasteiger partial charge in [-0.1, -0.05) is 0 Å². The molecule has 0 rings (SSSR count). The van der Waals surface area contributed by atoms with Crippen LogP contribution in [0.15, 0.2) is 0 Å². The van der Waals surface area contributed by atoms with Gasteiger partial charge in [0.15, 0.2) is 0 Å². The van der Waals surface area contributed by atoms with E-state index in [1.165, 1.54) is 0 Å². The van der Waals surface area contributed by atoms with E-state index >= 15 is 0 Å². The van der Waals surface area contributed by atoms with E-state index in [1.54, 1.807) is 0 Å². The number of hydrogen-bond donors (Lipinski definition) is 4. The van der Waals surface area contributed by atoms with Gasteiger partial charge in [-0.2, -0.15) is 0 Å². The van der Waals surface area contributed by atoms with Crippen molar-refractivity contribution in [3.63, 3.8) is 0 Å². The Balaban J connectivity index is 4.52. The second-order valence-corrected chi connectivity index (χ2v) is 4.60. The Labute approximate surface area is 125 Å². The minimum atomic E-state index is -0.630. The molecule has 4 N–H and O–H groups in total. The second-order valence-electron chi connectivity index (χ2n) is 4.60. The van der Waals surface area contributed by atoms with Crippen molar-refractivity contribution in [1.29, 1.82) is 0 Å². The van der Waals surface area contributed by atoms with Crippen LogP contribution in [0.4, 0.5) is 0 Å². The summed E-state index contributed by atoms with van der Waals surface area (Å²) in [6.07, 6.45) is 0. The molecular weight excluding hydrogens is 284 g/mol. The molecule has 0 radical (unpaired) electrons. The monoisotopic (exact) mass is 312 g/mol. The summed E-state index contributed by atoms with van der Waals surface area (Å²) in [4.78, 5) is 0. The maximum atomic E-state index is 8.79. The topological polar surface area (TPSA) is 118 Å². The minimum absolute atomic E-state index is 0.0947. The SMILES string of the molecule is OCCOCC(COCCO)(COCCO)COCCO. The summed E-state index contributed by atoms with van der Waals surface area (Å²) < 4.78 is 21.5. The zero-order valence-electron chi connectivity index (χ0n) is 12.4. The lowest BCUT2D eigenvalue weighted by Crippen LogP contribution is -2.42. The van der Waals surface area contributed by atoms with Crippen LogP contribution in [0.3, 0.4) is 0 Å². The number of rotatable bonds is 16. The molecule has 0 aliphatic heterocycles. The lowest BCUT2D eigenvalue weighted by Gasteiger charge is -2.32. The summed E-state index contributed by atoms with van der Waals surface area (Å²) in [7, 11) is 0. The van der Waals surface area contributed by atoms with Gasteiger partial charge in [0.25, 0.3) is 0 Å². The Morgan fingerprint density at radius 3 is 0.905 bits per heavy atom. The van der Waals surface area contributed by atoms with Crippen molar-refractivity contribution in [2.24, 2.45) is 5.41 Å². The highest BCUT2D eigenvalue weighted by Gasteiger charge is 2.32. The first kappa shape index (κ1) is 20.7. The van der Waals surface area contributed by atoms with Gasteiger partial charge in [-0.15, -0.1) is 0 Å². The summed E-state index contributed by atoms with van der Waals surface area (Å²) in [6, 6.07) is 0. The number of ether oxygens (including phenoxy) is 4. The first-order chi connectivity index (χ1) is 10.2. The Morgan fingerprint density at radius 2 is 0.714 bits per heavy atom. The second kappa shape index (κ2) is 14.6. The molecule has 0 unspecified atom stereocenters. The molecule has 21 heavy (non-hydrogen) atoms. The van der Waals surface area contributed by atoms with Crippen LogP contribution in [0.25, 0.3) is 0 Å². The van der Waals surface area contributed by atoms with Gasteiger partial charge in [0.05, 0.1) is 84.7 Å². The molecule has 0 aromatic rings. The van der Waals surface area contributed by atoms with E-state index in [-0.39, 0.29) is 79.3 Å². The summed E-state index contributed by atoms with van der Waals surface area (Å²) in [5.74, 6) is 0. The first-order valence-corrected chi connectivity index (χ1v) is 6.99. The van der Waals surface area contributed by atoms with E-state index in [0.717, 1.165) is 0 Å². The fraction of sp³-hybridized carbons (Fsp3) is 1.00. The molecule has 0 fully saturated rings. The van der Waals surface area contributed by atoms with Crippen LogP contribution >= 0.6 is 0 Å². The smallest absolute Gasteiger partial charge is 0.0698 e. The quantitative estimate of drug-likeness (QED) is 0.242. The average molecular weight is 312 g/mol. The third-order valence-electron chi connectivity index (χ3n) is 2.58. The molecule has 0 atom stereocenters. The maximum Gasteiger partial charge on any atom is 0.0698 e. The lowest BCUT2D eigenvalue weighted by atomic mass is 9.92. The van der Waals surface area contributed by atoms with Gasteiger partial charge >= 0.3 is 0 Å². The predicted molar refractivity (Wildman–Crippen MR) is 74.1 cm³/mol. The summed E-state index contributed by atoms with van der Waals surface area (Å²) in [5.41, 5.74) is -0.630. The lowest BCUT2D eigenvalue weighted by molar-refractivity contribution is -0.115. The van der Waals surface area contributed by atoms with Crippen molar-refractivity contribution in [2.45, 2.75) is 0 Å². The first-order valence-electron chi connectivity index (χ1n) is 6.99. The van der Waals surface area contributed by atoms with E-state index in [2.05, 4.69) is 0 Å². The van der Waals surface area contributed by atoms with E-state index in [0.29, 0.717) is 0 Å². The van der Waals surface area contributed by atoms with E-state index < -0.39 is 5.41 Å². The molecule has 128 valence electrons. The Morgan fingerprint density at radius 1 is 0.476 bits per heavy atom. The average Bonchev–Trinajstić information content (AvgIpc) is 2.48. The number of aliphatic hydroxyl groups excluding tert-OH is 4. The molecule has 0 aromatic carbocycles. The molecule has 0 saturated heterocycles. The largest absolute Gasteiger partial charge is 0.394 e. The van der Waals surface area contributed by atoms with Gasteiger partial charge in [-0.3, -0.25) is 0 Å². The van der Waals surface area contributed by atoms with Gasteiger partial charge < -0.3 is 39.4 Å². The van der Waals surface area contributed by atoms with Gasteiger partial charge in [0.2, 0.25) is 0 Å².